The van der Waals surface area contributed by atoms with Gasteiger partial charge in [-0.2, -0.15) is 0 Å². The largest absolute Gasteiger partial charge is 0.378 e. The molecule has 2 fully saturated rings. The molecular weight excluding hydrogens is 452 g/mol. The first-order valence-corrected chi connectivity index (χ1v) is 12.2. The SMILES string of the molecule is O=C(c1cc(-c2ccccc2)c(N2CCOCC2)s1)N1CCN(c2ccccc2[N+](=O)[O-])CC1. The lowest BCUT2D eigenvalue weighted by Gasteiger charge is -2.35. The van der Waals surface area contributed by atoms with Gasteiger partial charge < -0.3 is 19.4 Å². The van der Waals surface area contributed by atoms with Crippen LogP contribution in [0.2, 0.25) is 0 Å². The van der Waals surface area contributed by atoms with E-state index < -0.39 is 0 Å². The van der Waals surface area contributed by atoms with Gasteiger partial charge in [-0.05, 0) is 17.7 Å². The van der Waals surface area contributed by atoms with Crippen molar-refractivity contribution < 1.29 is 14.5 Å². The Morgan fingerprint density at radius 2 is 1.56 bits per heavy atom. The molecule has 0 atom stereocenters. The average molecular weight is 479 g/mol. The molecule has 2 aliphatic heterocycles. The van der Waals surface area contributed by atoms with E-state index in [1.165, 1.54) is 6.07 Å². The molecular formula is C25H26N4O4S. The molecule has 0 bridgehead atoms. The van der Waals surface area contributed by atoms with Crippen molar-refractivity contribution in [1.82, 2.24) is 4.90 Å². The van der Waals surface area contributed by atoms with Crippen molar-refractivity contribution in [2.24, 2.45) is 0 Å². The van der Waals surface area contributed by atoms with Gasteiger partial charge in [0, 0.05) is 50.9 Å². The second kappa shape index (κ2) is 9.82. The third-order valence-electron chi connectivity index (χ3n) is 6.29. The highest BCUT2D eigenvalue weighted by Crippen LogP contribution is 2.40. The second-order valence-corrected chi connectivity index (χ2v) is 9.35. The molecule has 3 heterocycles. The van der Waals surface area contributed by atoms with Crippen LogP contribution in [0.1, 0.15) is 9.67 Å². The van der Waals surface area contributed by atoms with Gasteiger partial charge in [0.2, 0.25) is 0 Å². The van der Waals surface area contributed by atoms with Crippen molar-refractivity contribution in [2.75, 3.05) is 62.3 Å². The van der Waals surface area contributed by atoms with Crippen LogP contribution in [0.3, 0.4) is 0 Å². The highest BCUT2D eigenvalue weighted by Gasteiger charge is 2.28. The standard InChI is InChI=1S/C25H26N4O4S/c30-24(27-12-10-26(11-13-27)21-8-4-5-9-22(21)29(31)32)23-18-20(19-6-2-1-3-7-19)25(34-23)28-14-16-33-17-15-28/h1-9,18H,10-17H2. The summed E-state index contributed by atoms with van der Waals surface area (Å²) in [5.74, 6) is 0.0175. The molecule has 2 aliphatic rings. The Morgan fingerprint density at radius 1 is 0.882 bits per heavy atom. The van der Waals surface area contributed by atoms with Crippen LogP contribution in [-0.4, -0.2) is 68.2 Å². The monoisotopic (exact) mass is 478 g/mol. The molecule has 34 heavy (non-hydrogen) atoms. The van der Waals surface area contributed by atoms with E-state index in [9.17, 15) is 14.9 Å². The molecule has 0 spiro atoms. The number of nitro groups is 1. The first-order chi connectivity index (χ1) is 16.6. The molecule has 0 N–H and O–H groups in total. The van der Waals surface area contributed by atoms with Crippen LogP contribution in [-0.2, 0) is 4.74 Å². The fraction of sp³-hybridized carbons (Fsp3) is 0.320. The summed E-state index contributed by atoms with van der Waals surface area (Å²) < 4.78 is 5.53. The Hall–Kier alpha value is -3.43. The van der Waals surface area contributed by atoms with Crippen LogP contribution in [0.5, 0.6) is 0 Å². The van der Waals surface area contributed by atoms with Gasteiger partial charge >= 0.3 is 0 Å². The Balaban J connectivity index is 1.35. The Labute approximate surface area is 202 Å². The predicted molar refractivity (Wildman–Crippen MR) is 134 cm³/mol. The highest BCUT2D eigenvalue weighted by molar-refractivity contribution is 7.18. The number of para-hydroxylation sites is 2. The minimum absolute atomic E-state index is 0.0175. The molecule has 0 aliphatic carbocycles. The summed E-state index contributed by atoms with van der Waals surface area (Å²) in [6.07, 6.45) is 0. The molecule has 176 valence electrons. The summed E-state index contributed by atoms with van der Waals surface area (Å²) in [7, 11) is 0. The maximum absolute atomic E-state index is 13.5. The number of piperazine rings is 1. The molecule has 8 nitrogen and oxygen atoms in total. The molecule has 2 aromatic carbocycles. The highest BCUT2D eigenvalue weighted by atomic mass is 32.1. The minimum Gasteiger partial charge on any atom is -0.378 e. The van der Waals surface area contributed by atoms with Crippen molar-refractivity contribution >= 4 is 33.6 Å². The van der Waals surface area contributed by atoms with Crippen molar-refractivity contribution in [3.63, 3.8) is 0 Å². The molecule has 9 heteroatoms. The lowest BCUT2D eigenvalue weighted by molar-refractivity contribution is -0.384. The van der Waals surface area contributed by atoms with Crippen molar-refractivity contribution in [3.8, 4) is 11.1 Å². The van der Waals surface area contributed by atoms with E-state index in [0.717, 1.165) is 34.1 Å². The number of nitrogens with zero attached hydrogens (tertiary/aromatic N) is 4. The molecule has 1 amide bonds. The van der Waals surface area contributed by atoms with E-state index in [1.807, 2.05) is 40.1 Å². The zero-order valence-electron chi connectivity index (χ0n) is 18.8. The van der Waals surface area contributed by atoms with Crippen LogP contribution in [0, 0.1) is 10.1 Å². The van der Waals surface area contributed by atoms with Crippen molar-refractivity contribution in [2.45, 2.75) is 0 Å². The van der Waals surface area contributed by atoms with Gasteiger partial charge in [0.1, 0.15) is 5.69 Å². The van der Waals surface area contributed by atoms with E-state index in [0.29, 0.717) is 45.1 Å². The normalized spacial score (nSPS) is 16.5. The summed E-state index contributed by atoms with van der Waals surface area (Å²) >= 11 is 1.54. The molecule has 0 saturated carbocycles. The molecule has 3 aromatic rings. The number of rotatable bonds is 5. The van der Waals surface area contributed by atoms with Crippen LogP contribution >= 0.6 is 11.3 Å². The number of carbonyl (C=O) groups is 1. The first kappa shape index (κ1) is 22.4. The summed E-state index contributed by atoms with van der Waals surface area (Å²) in [5, 5.41) is 12.5. The minimum atomic E-state index is -0.350. The lowest BCUT2D eigenvalue weighted by atomic mass is 10.1. The van der Waals surface area contributed by atoms with Gasteiger partial charge in [0.05, 0.1) is 28.0 Å². The zero-order valence-corrected chi connectivity index (χ0v) is 19.6. The summed E-state index contributed by atoms with van der Waals surface area (Å²) in [5.41, 5.74) is 2.88. The number of thiophene rings is 1. The van der Waals surface area contributed by atoms with Gasteiger partial charge in [-0.3, -0.25) is 14.9 Å². The van der Waals surface area contributed by atoms with E-state index in [4.69, 9.17) is 4.74 Å². The van der Waals surface area contributed by atoms with Gasteiger partial charge in [0.25, 0.3) is 11.6 Å². The average Bonchev–Trinajstić information content (AvgIpc) is 3.35. The van der Waals surface area contributed by atoms with Gasteiger partial charge in [-0.1, -0.05) is 42.5 Å². The van der Waals surface area contributed by atoms with Gasteiger partial charge in [-0.15, -0.1) is 11.3 Å². The van der Waals surface area contributed by atoms with E-state index in [-0.39, 0.29) is 16.5 Å². The summed E-state index contributed by atoms with van der Waals surface area (Å²) in [6, 6.07) is 19.0. The number of anilines is 2. The third-order valence-corrected chi connectivity index (χ3v) is 7.48. The van der Waals surface area contributed by atoms with Gasteiger partial charge in [-0.25, -0.2) is 0 Å². The summed E-state index contributed by atoms with van der Waals surface area (Å²) in [6.45, 7) is 5.15. The Bertz CT molecular complexity index is 1170. The van der Waals surface area contributed by atoms with Crippen LogP contribution in [0.15, 0.2) is 60.7 Å². The maximum atomic E-state index is 13.5. The van der Waals surface area contributed by atoms with Crippen LogP contribution < -0.4 is 9.80 Å². The number of amides is 1. The van der Waals surface area contributed by atoms with Crippen LogP contribution in [0.4, 0.5) is 16.4 Å². The zero-order chi connectivity index (χ0) is 23.5. The number of hydrogen-bond acceptors (Lipinski definition) is 7. The molecule has 0 unspecified atom stereocenters. The number of ether oxygens (including phenoxy) is 1. The number of morpholine rings is 1. The van der Waals surface area contributed by atoms with Crippen molar-refractivity contribution in [3.05, 3.63) is 75.7 Å². The second-order valence-electron chi connectivity index (χ2n) is 8.32. The number of nitro benzene ring substituents is 1. The molecule has 1 aromatic heterocycles. The predicted octanol–water partition coefficient (Wildman–Crippen LogP) is 4.12. The first-order valence-electron chi connectivity index (χ1n) is 11.4. The molecule has 5 rings (SSSR count). The quantitative estimate of drug-likeness (QED) is 0.405. The third kappa shape index (κ3) is 4.49. The molecule has 0 radical (unpaired) electrons. The summed E-state index contributed by atoms with van der Waals surface area (Å²) in [4.78, 5) is 31.4. The number of benzene rings is 2. The van der Waals surface area contributed by atoms with E-state index >= 15 is 0 Å². The van der Waals surface area contributed by atoms with E-state index in [1.54, 1.807) is 23.5 Å². The van der Waals surface area contributed by atoms with Crippen molar-refractivity contribution in [1.29, 1.82) is 0 Å². The Kier molecular flexibility index (Phi) is 6.46. The maximum Gasteiger partial charge on any atom is 0.292 e. The number of carbonyl (C=O) groups excluding carboxylic acids is 1. The fourth-order valence-electron chi connectivity index (χ4n) is 4.50. The molecule has 2 saturated heterocycles. The van der Waals surface area contributed by atoms with Gasteiger partial charge in [0.15, 0.2) is 0 Å². The lowest BCUT2D eigenvalue weighted by Crippen LogP contribution is -2.48. The Morgan fingerprint density at radius 3 is 2.26 bits per heavy atom. The number of hydrogen-bond donors (Lipinski definition) is 0. The smallest absolute Gasteiger partial charge is 0.292 e. The van der Waals surface area contributed by atoms with E-state index in [2.05, 4.69) is 17.0 Å². The topological polar surface area (TPSA) is 79.2 Å². The fourth-order valence-corrected chi connectivity index (χ4v) is 5.70. The van der Waals surface area contributed by atoms with Crippen LogP contribution in [0.25, 0.3) is 11.1 Å².